The molecule has 1 saturated heterocycles. The van der Waals surface area contributed by atoms with Crippen molar-refractivity contribution >= 4 is 0 Å². The van der Waals surface area contributed by atoms with Crippen LogP contribution in [0.1, 0.15) is 47.5 Å². The summed E-state index contributed by atoms with van der Waals surface area (Å²) in [5, 5.41) is 3.56. The Kier molecular flexibility index (Phi) is 4.60. The smallest absolute Gasteiger partial charge is 0.0166 e. The Morgan fingerprint density at radius 2 is 1.93 bits per heavy atom. The van der Waals surface area contributed by atoms with Crippen molar-refractivity contribution in [3.05, 3.63) is 0 Å². The molecule has 2 nitrogen and oxygen atoms in total. The van der Waals surface area contributed by atoms with E-state index in [4.69, 9.17) is 0 Å². The lowest BCUT2D eigenvalue weighted by molar-refractivity contribution is 0.178. The van der Waals surface area contributed by atoms with Gasteiger partial charge in [-0.2, -0.15) is 0 Å². The zero-order chi connectivity index (χ0) is 11.5. The van der Waals surface area contributed by atoms with Gasteiger partial charge in [-0.25, -0.2) is 0 Å². The fraction of sp³-hybridized carbons (Fsp3) is 1.00. The van der Waals surface area contributed by atoms with Crippen molar-refractivity contribution in [3.63, 3.8) is 0 Å². The van der Waals surface area contributed by atoms with E-state index in [9.17, 15) is 0 Å². The highest BCUT2D eigenvalue weighted by Crippen LogP contribution is 2.20. The van der Waals surface area contributed by atoms with Gasteiger partial charge in [0, 0.05) is 18.6 Å². The van der Waals surface area contributed by atoms with Crippen LogP contribution in [0.2, 0.25) is 0 Å². The van der Waals surface area contributed by atoms with Crippen molar-refractivity contribution in [3.8, 4) is 0 Å². The molecule has 2 heteroatoms. The third-order valence-corrected chi connectivity index (χ3v) is 3.34. The van der Waals surface area contributed by atoms with Gasteiger partial charge in [-0.1, -0.05) is 20.8 Å². The van der Waals surface area contributed by atoms with Crippen LogP contribution in [0, 0.1) is 5.41 Å². The van der Waals surface area contributed by atoms with E-state index in [1.165, 1.54) is 32.5 Å². The molecule has 0 aromatic carbocycles. The van der Waals surface area contributed by atoms with Crippen LogP contribution in [0.3, 0.4) is 0 Å². The van der Waals surface area contributed by atoms with Gasteiger partial charge in [0.15, 0.2) is 0 Å². The van der Waals surface area contributed by atoms with E-state index in [1.54, 1.807) is 0 Å². The van der Waals surface area contributed by atoms with E-state index in [0.29, 0.717) is 11.5 Å². The summed E-state index contributed by atoms with van der Waals surface area (Å²) in [6.45, 7) is 15.3. The number of hydrogen-bond donors (Lipinski definition) is 1. The maximum absolute atomic E-state index is 3.56. The maximum atomic E-state index is 3.56. The number of nitrogens with one attached hydrogen (secondary N) is 1. The zero-order valence-electron chi connectivity index (χ0n) is 11.1. The summed E-state index contributed by atoms with van der Waals surface area (Å²) in [7, 11) is 0. The molecule has 1 heterocycles. The molecule has 0 aliphatic carbocycles. The summed E-state index contributed by atoms with van der Waals surface area (Å²) in [4.78, 5) is 2.65. The molecule has 0 radical (unpaired) electrons. The van der Waals surface area contributed by atoms with Gasteiger partial charge in [-0.3, -0.25) is 4.90 Å². The normalized spacial score (nSPS) is 30.2. The van der Waals surface area contributed by atoms with Crippen molar-refractivity contribution < 1.29 is 0 Å². The molecule has 0 bridgehead atoms. The molecule has 1 aliphatic heterocycles. The van der Waals surface area contributed by atoms with Crippen LogP contribution in [0.5, 0.6) is 0 Å². The van der Waals surface area contributed by atoms with E-state index < -0.39 is 0 Å². The average molecular weight is 212 g/mol. The standard InChI is InChI=1S/C13H28N2/c1-11-10-15(9-7-13(3,4)5)12(2)6-8-14-11/h11-12,14H,6-10H2,1-5H3. The number of hydrogen-bond acceptors (Lipinski definition) is 2. The van der Waals surface area contributed by atoms with Crippen molar-refractivity contribution in [1.82, 2.24) is 10.2 Å². The van der Waals surface area contributed by atoms with Crippen molar-refractivity contribution in [2.45, 2.75) is 59.5 Å². The molecule has 0 aromatic rings. The molecule has 1 N–H and O–H groups in total. The summed E-state index contributed by atoms with van der Waals surface area (Å²) in [6, 6.07) is 1.39. The molecule has 90 valence electrons. The Balaban J connectivity index is 2.43. The highest BCUT2D eigenvalue weighted by Gasteiger charge is 2.21. The van der Waals surface area contributed by atoms with Crippen LogP contribution in [0.4, 0.5) is 0 Å². The maximum Gasteiger partial charge on any atom is 0.0166 e. The molecule has 1 rings (SSSR count). The van der Waals surface area contributed by atoms with Gasteiger partial charge in [0.25, 0.3) is 0 Å². The highest BCUT2D eigenvalue weighted by molar-refractivity contribution is 4.79. The van der Waals surface area contributed by atoms with E-state index in [0.717, 1.165) is 6.04 Å². The van der Waals surface area contributed by atoms with Gasteiger partial charge in [-0.15, -0.1) is 0 Å². The second kappa shape index (κ2) is 5.31. The molecule has 2 atom stereocenters. The fourth-order valence-corrected chi connectivity index (χ4v) is 2.11. The Morgan fingerprint density at radius 3 is 2.53 bits per heavy atom. The summed E-state index contributed by atoms with van der Waals surface area (Å²) in [6.07, 6.45) is 2.58. The molecule has 0 aromatic heterocycles. The summed E-state index contributed by atoms with van der Waals surface area (Å²) in [5.41, 5.74) is 0.461. The first kappa shape index (κ1) is 13.0. The lowest BCUT2D eigenvalue weighted by atomic mass is 9.92. The molecule has 0 spiro atoms. The minimum Gasteiger partial charge on any atom is -0.313 e. The Labute approximate surface area is 95.4 Å². The van der Waals surface area contributed by atoms with Gasteiger partial charge in [-0.05, 0) is 45.2 Å². The van der Waals surface area contributed by atoms with Gasteiger partial charge in [0.1, 0.15) is 0 Å². The molecule has 1 fully saturated rings. The molecular weight excluding hydrogens is 184 g/mol. The van der Waals surface area contributed by atoms with Crippen LogP contribution < -0.4 is 5.32 Å². The highest BCUT2D eigenvalue weighted by atomic mass is 15.2. The second-order valence-electron chi connectivity index (χ2n) is 6.30. The Bertz CT molecular complexity index is 183. The van der Waals surface area contributed by atoms with Gasteiger partial charge in [0.05, 0.1) is 0 Å². The molecule has 0 amide bonds. The molecule has 15 heavy (non-hydrogen) atoms. The summed E-state index contributed by atoms with van der Waals surface area (Å²) in [5.74, 6) is 0. The first-order valence-corrected chi connectivity index (χ1v) is 6.36. The minimum atomic E-state index is 0.461. The average Bonchev–Trinajstić information content (AvgIpc) is 2.24. The first-order chi connectivity index (χ1) is 6.88. The summed E-state index contributed by atoms with van der Waals surface area (Å²) >= 11 is 0. The van der Waals surface area contributed by atoms with Crippen LogP contribution in [-0.4, -0.2) is 36.6 Å². The van der Waals surface area contributed by atoms with Crippen LogP contribution in [0.15, 0.2) is 0 Å². The van der Waals surface area contributed by atoms with Crippen molar-refractivity contribution in [1.29, 1.82) is 0 Å². The quantitative estimate of drug-likeness (QED) is 0.756. The SMILES string of the molecule is CC1CN(CCC(C)(C)C)C(C)CCN1. The van der Waals surface area contributed by atoms with Crippen molar-refractivity contribution in [2.75, 3.05) is 19.6 Å². The van der Waals surface area contributed by atoms with Gasteiger partial charge >= 0.3 is 0 Å². The molecule has 2 unspecified atom stereocenters. The molecule has 0 saturated carbocycles. The van der Waals surface area contributed by atoms with Crippen LogP contribution in [0.25, 0.3) is 0 Å². The third-order valence-electron chi connectivity index (χ3n) is 3.34. The van der Waals surface area contributed by atoms with Gasteiger partial charge in [0.2, 0.25) is 0 Å². The van der Waals surface area contributed by atoms with Gasteiger partial charge < -0.3 is 5.32 Å². The monoisotopic (exact) mass is 212 g/mol. The van der Waals surface area contributed by atoms with Crippen LogP contribution >= 0.6 is 0 Å². The molecular formula is C13H28N2. The Hall–Kier alpha value is -0.0800. The fourth-order valence-electron chi connectivity index (χ4n) is 2.11. The van der Waals surface area contributed by atoms with E-state index in [-0.39, 0.29) is 0 Å². The Morgan fingerprint density at radius 1 is 1.27 bits per heavy atom. The van der Waals surface area contributed by atoms with Crippen molar-refractivity contribution in [2.24, 2.45) is 5.41 Å². The lowest BCUT2D eigenvalue weighted by Gasteiger charge is -2.31. The zero-order valence-corrected chi connectivity index (χ0v) is 11.1. The number of rotatable bonds is 2. The van der Waals surface area contributed by atoms with Crippen LogP contribution in [-0.2, 0) is 0 Å². The van der Waals surface area contributed by atoms with E-state index in [2.05, 4.69) is 44.8 Å². The number of nitrogens with zero attached hydrogens (tertiary/aromatic N) is 1. The second-order valence-corrected chi connectivity index (χ2v) is 6.30. The first-order valence-electron chi connectivity index (χ1n) is 6.36. The lowest BCUT2D eigenvalue weighted by Crippen LogP contribution is -2.40. The van der Waals surface area contributed by atoms with E-state index in [1.807, 2.05) is 0 Å². The largest absolute Gasteiger partial charge is 0.313 e. The predicted molar refractivity (Wildman–Crippen MR) is 67.2 cm³/mol. The predicted octanol–water partition coefficient (Wildman–Crippen LogP) is 2.49. The minimum absolute atomic E-state index is 0.461. The third kappa shape index (κ3) is 4.98. The van der Waals surface area contributed by atoms with E-state index >= 15 is 0 Å². The topological polar surface area (TPSA) is 15.3 Å². The summed E-state index contributed by atoms with van der Waals surface area (Å²) < 4.78 is 0. The molecule has 1 aliphatic rings.